The van der Waals surface area contributed by atoms with E-state index < -0.39 is 15.6 Å². The molecule has 0 unspecified atom stereocenters. The molecule has 22 heavy (non-hydrogen) atoms. The van der Waals surface area contributed by atoms with E-state index in [1.165, 1.54) is 12.1 Å². The van der Waals surface area contributed by atoms with Gasteiger partial charge in [0.2, 0.25) is 10.0 Å². The first-order valence-electron chi connectivity index (χ1n) is 7.23. The Hall–Kier alpha value is -0.920. The first-order valence-corrected chi connectivity index (χ1v) is 9.50. The highest BCUT2D eigenvalue weighted by Crippen LogP contribution is 2.24. The summed E-state index contributed by atoms with van der Waals surface area (Å²) in [6, 6.07) is 4.55. The summed E-state index contributed by atoms with van der Waals surface area (Å²) in [5.41, 5.74) is -0.191. The normalized spacial score (nSPS) is 16.1. The summed E-state index contributed by atoms with van der Waals surface area (Å²) in [6.45, 7) is 6.78. The molecular weight excluding hydrogens is 368 g/mol. The zero-order valence-electron chi connectivity index (χ0n) is 13.0. The number of hydrogen-bond donors (Lipinski definition) is 1. The highest BCUT2D eigenvalue weighted by molar-refractivity contribution is 9.10. The fourth-order valence-electron chi connectivity index (χ4n) is 2.39. The molecule has 7 heteroatoms. The second kappa shape index (κ2) is 6.29. The highest BCUT2D eigenvalue weighted by Gasteiger charge is 2.26. The van der Waals surface area contributed by atoms with Crippen LogP contribution in [-0.2, 0) is 10.0 Å². The van der Waals surface area contributed by atoms with Crippen LogP contribution in [0.2, 0.25) is 0 Å². The number of halogens is 1. The summed E-state index contributed by atoms with van der Waals surface area (Å²) in [5.74, 6) is -0.128. The molecular formula is C15H21BrN2O3S. The van der Waals surface area contributed by atoms with Crippen molar-refractivity contribution < 1.29 is 13.2 Å². The van der Waals surface area contributed by atoms with Crippen molar-refractivity contribution in [1.29, 1.82) is 0 Å². The standard InChI is InChI=1S/C15H21BrN2O3S/c1-15(2,3)17-22(20,21)11-6-7-13(16)12(10-11)14(19)18-8-4-5-9-18/h6-7,10,17H,4-5,8-9H2,1-3H3. The number of rotatable bonds is 3. The lowest BCUT2D eigenvalue weighted by Gasteiger charge is -2.21. The van der Waals surface area contributed by atoms with Gasteiger partial charge < -0.3 is 4.90 Å². The zero-order chi connectivity index (χ0) is 16.5. The molecule has 0 aliphatic carbocycles. The number of benzene rings is 1. The fourth-order valence-corrected chi connectivity index (χ4v) is 4.25. The van der Waals surface area contributed by atoms with E-state index in [1.807, 2.05) is 0 Å². The first-order chi connectivity index (χ1) is 10.1. The van der Waals surface area contributed by atoms with Crippen LogP contribution in [0.3, 0.4) is 0 Å². The van der Waals surface area contributed by atoms with Crippen LogP contribution < -0.4 is 4.72 Å². The summed E-state index contributed by atoms with van der Waals surface area (Å²) in [5, 5.41) is 0. The van der Waals surface area contributed by atoms with Gasteiger partial charge in [-0.1, -0.05) is 0 Å². The van der Waals surface area contributed by atoms with E-state index in [9.17, 15) is 13.2 Å². The molecule has 0 bridgehead atoms. The van der Waals surface area contributed by atoms with Gasteiger partial charge in [0.1, 0.15) is 0 Å². The maximum Gasteiger partial charge on any atom is 0.255 e. The van der Waals surface area contributed by atoms with Gasteiger partial charge in [-0.25, -0.2) is 13.1 Å². The molecule has 1 aromatic carbocycles. The molecule has 1 amide bonds. The molecule has 0 atom stereocenters. The van der Waals surface area contributed by atoms with Gasteiger partial charge >= 0.3 is 0 Å². The Bertz CT molecular complexity index is 675. The summed E-state index contributed by atoms with van der Waals surface area (Å²) >= 11 is 3.34. The van der Waals surface area contributed by atoms with E-state index in [0.717, 1.165) is 25.9 Å². The third kappa shape index (κ3) is 4.08. The quantitative estimate of drug-likeness (QED) is 0.865. The molecule has 5 nitrogen and oxygen atoms in total. The minimum absolute atomic E-state index is 0.105. The number of carbonyl (C=O) groups excluding carboxylic acids is 1. The SMILES string of the molecule is CC(C)(C)NS(=O)(=O)c1ccc(Br)c(C(=O)N2CCCC2)c1. The summed E-state index contributed by atoms with van der Waals surface area (Å²) < 4.78 is 28.0. The van der Waals surface area contributed by atoms with Crippen LogP contribution in [0.15, 0.2) is 27.6 Å². The highest BCUT2D eigenvalue weighted by atomic mass is 79.9. The largest absolute Gasteiger partial charge is 0.339 e. The number of likely N-dealkylation sites (tertiary alicyclic amines) is 1. The number of hydrogen-bond acceptors (Lipinski definition) is 3. The van der Waals surface area contributed by atoms with Crippen LogP contribution in [-0.4, -0.2) is 37.9 Å². The van der Waals surface area contributed by atoms with Crippen molar-refractivity contribution in [3.05, 3.63) is 28.2 Å². The molecule has 1 aliphatic heterocycles. The lowest BCUT2D eigenvalue weighted by Crippen LogP contribution is -2.40. The van der Waals surface area contributed by atoms with Gasteiger partial charge in [-0.15, -0.1) is 0 Å². The predicted octanol–water partition coefficient (Wildman–Crippen LogP) is 2.76. The number of carbonyl (C=O) groups is 1. The van der Waals surface area contributed by atoms with Gasteiger partial charge in [0, 0.05) is 23.1 Å². The predicted molar refractivity (Wildman–Crippen MR) is 89.4 cm³/mol. The zero-order valence-corrected chi connectivity index (χ0v) is 15.4. The van der Waals surface area contributed by atoms with Crippen LogP contribution in [0, 0.1) is 0 Å². The Morgan fingerprint density at radius 3 is 2.36 bits per heavy atom. The Labute approximate surface area is 140 Å². The maximum absolute atomic E-state index is 12.5. The molecule has 0 radical (unpaired) electrons. The van der Waals surface area contributed by atoms with E-state index in [2.05, 4.69) is 20.7 Å². The van der Waals surface area contributed by atoms with Gasteiger partial charge in [0.05, 0.1) is 10.5 Å². The van der Waals surface area contributed by atoms with E-state index in [0.29, 0.717) is 10.0 Å². The molecule has 0 spiro atoms. The molecule has 1 aliphatic rings. The van der Waals surface area contributed by atoms with Gasteiger partial charge in [-0.2, -0.15) is 0 Å². The molecule has 1 saturated heterocycles. The molecule has 0 saturated carbocycles. The number of nitrogens with one attached hydrogen (secondary N) is 1. The average molecular weight is 389 g/mol. The van der Waals surface area contributed by atoms with E-state index in [-0.39, 0.29) is 10.8 Å². The van der Waals surface area contributed by atoms with Gasteiger partial charge in [0.25, 0.3) is 5.91 Å². The molecule has 1 N–H and O–H groups in total. The Morgan fingerprint density at radius 2 is 1.82 bits per heavy atom. The van der Waals surface area contributed by atoms with Crippen LogP contribution in [0.4, 0.5) is 0 Å². The minimum Gasteiger partial charge on any atom is -0.339 e. The minimum atomic E-state index is -3.66. The Morgan fingerprint density at radius 1 is 1.23 bits per heavy atom. The Kier molecular flexibility index (Phi) is 4.99. The van der Waals surface area contributed by atoms with Gasteiger partial charge in [0.15, 0.2) is 0 Å². The van der Waals surface area contributed by atoms with Gasteiger partial charge in [-0.3, -0.25) is 4.79 Å². The Balaban J connectivity index is 2.36. The molecule has 1 aromatic rings. The van der Waals surface area contributed by atoms with Crippen molar-refractivity contribution in [3.63, 3.8) is 0 Å². The fraction of sp³-hybridized carbons (Fsp3) is 0.533. The molecule has 122 valence electrons. The van der Waals surface area contributed by atoms with Crippen molar-refractivity contribution in [2.24, 2.45) is 0 Å². The number of sulfonamides is 1. The van der Waals surface area contributed by atoms with E-state index >= 15 is 0 Å². The van der Waals surface area contributed by atoms with Crippen molar-refractivity contribution >= 4 is 31.9 Å². The van der Waals surface area contributed by atoms with Crippen molar-refractivity contribution in [2.45, 2.75) is 44.0 Å². The monoisotopic (exact) mass is 388 g/mol. The van der Waals surface area contributed by atoms with Crippen molar-refractivity contribution in [1.82, 2.24) is 9.62 Å². The third-order valence-corrected chi connectivity index (χ3v) is 5.76. The number of nitrogens with zero attached hydrogens (tertiary/aromatic N) is 1. The second-order valence-corrected chi connectivity index (χ2v) is 9.03. The van der Waals surface area contributed by atoms with Gasteiger partial charge in [-0.05, 0) is 67.7 Å². The van der Waals surface area contributed by atoms with Crippen LogP contribution in [0.5, 0.6) is 0 Å². The van der Waals surface area contributed by atoms with Crippen LogP contribution in [0.1, 0.15) is 44.0 Å². The van der Waals surface area contributed by atoms with Crippen molar-refractivity contribution in [2.75, 3.05) is 13.1 Å². The average Bonchev–Trinajstić information content (AvgIpc) is 2.89. The molecule has 1 heterocycles. The second-order valence-electron chi connectivity index (χ2n) is 6.50. The maximum atomic E-state index is 12.5. The van der Waals surface area contributed by atoms with E-state index in [4.69, 9.17) is 0 Å². The van der Waals surface area contributed by atoms with Crippen LogP contribution >= 0.6 is 15.9 Å². The summed E-state index contributed by atoms with van der Waals surface area (Å²) in [7, 11) is -3.66. The third-order valence-electron chi connectivity index (χ3n) is 3.31. The molecule has 0 aromatic heterocycles. The topological polar surface area (TPSA) is 66.5 Å². The van der Waals surface area contributed by atoms with Crippen molar-refractivity contribution in [3.8, 4) is 0 Å². The first kappa shape index (κ1) is 17.4. The summed E-state index contributed by atoms with van der Waals surface area (Å²) in [6.07, 6.45) is 1.99. The smallest absolute Gasteiger partial charge is 0.255 e. The van der Waals surface area contributed by atoms with Crippen LogP contribution in [0.25, 0.3) is 0 Å². The molecule has 1 fully saturated rings. The lowest BCUT2D eigenvalue weighted by atomic mass is 10.1. The van der Waals surface area contributed by atoms with E-state index in [1.54, 1.807) is 31.7 Å². The summed E-state index contributed by atoms with van der Waals surface area (Å²) in [4.78, 5) is 14.4. The lowest BCUT2D eigenvalue weighted by molar-refractivity contribution is 0.0791. The molecule has 2 rings (SSSR count). The number of amides is 1.